The zero-order chi connectivity index (χ0) is 12.2. The highest BCUT2D eigenvalue weighted by Gasteiger charge is 2.24. The third-order valence-corrected chi connectivity index (χ3v) is 4.37. The van der Waals surface area contributed by atoms with Gasteiger partial charge in [-0.3, -0.25) is 0 Å². The van der Waals surface area contributed by atoms with Crippen molar-refractivity contribution in [3.63, 3.8) is 0 Å². The van der Waals surface area contributed by atoms with Gasteiger partial charge in [0.2, 0.25) is 10.0 Å². The van der Waals surface area contributed by atoms with E-state index in [1.54, 1.807) is 14.1 Å². The Labute approximate surface area is 96.6 Å². The molecule has 0 atom stereocenters. The third-order valence-electron chi connectivity index (χ3n) is 2.50. The van der Waals surface area contributed by atoms with E-state index in [9.17, 15) is 13.2 Å². The predicted molar refractivity (Wildman–Crippen MR) is 61.7 cm³/mol. The van der Waals surface area contributed by atoms with Crippen molar-refractivity contribution in [3.8, 4) is 0 Å². The van der Waals surface area contributed by atoms with Crippen LogP contribution in [0.25, 0.3) is 0 Å². The topological polar surface area (TPSA) is 69.7 Å². The van der Waals surface area contributed by atoms with Crippen LogP contribution in [0.4, 0.5) is 4.79 Å². The SMILES string of the molecule is CN(C)C(=O)NCCS(=O)(=O)N1CCCC1. The summed E-state index contributed by atoms with van der Waals surface area (Å²) < 4.78 is 25.0. The minimum atomic E-state index is -3.18. The van der Waals surface area contributed by atoms with E-state index in [2.05, 4.69) is 5.32 Å². The highest BCUT2D eigenvalue weighted by atomic mass is 32.2. The fourth-order valence-corrected chi connectivity index (χ4v) is 2.97. The normalized spacial score (nSPS) is 17.4. The molecule has 2 amide bonds. The first-order valence-electron chi connectivity index (χ1n) is 5.36. The van der Waals surface area contributed by atoms with E-state index in [1.807, 2.05) is 0 Å². The lowest BCUT2D eigenvalue weighted by Gasteiger charge is -2.16. The first kappa shape index (κ1) is 13.2. The van der Waals surface area contributed by atoms with Crippen molar-refractivity contribution in [2.45, 2.75) is 12.8 Å². The van der Waals surface area contributed by atoms with Crippen LogP contribution in [0.2, 0.25) is 0 Å². The summed E-state index contributed by atoms with van der Waals surface area (Å²) in [5.41, 5.74) is 0. The van der Waals surface area contributed by atoms with Crippen LogP contribution in [-0.4, -0.2) is 63.1 Å². The summed E-state index contributed by atoms with van der Waals surface area (Å²) in [6.07, 6.45) is 1.87. The Morgan fingerprint density at radius 3 is 2.38 bits per heavy atom. The van der Waals surface area contributed by atoms with Gasteiger partial charge in [0.05, 0.1) is 5.75 Å². The number of hydrogen-bond donors (Lipinski definition) is 1. The molecule has 16 heavy (non-hydrogen) atoms. The summed E-state index contributed by atoms with van der Waals surface area (Å²) in [7, 11) is 0.0495. The highest BCUT2D eigenvalue weighted by molar-refractivity contribution is 7.89. The maximum absolute atomic E-state index is 11.7. The Morgan fingerprint density at radius 1 is 1.31 bits per heavy atom. The van der Waals surface area contributed by atoms with Crippen LogP contribution in [0.5, 0.6) is 0 Å². The molecular formula is C9H19N3O3S. The number of amides is 2. The zero-order valence-electron chi connectivity index (χ0n) is 9.77. The number of hydrogen-bond acceptors (Lipinski definition) is 3. The van der Waals surface area contributed by atoms with Crippen LogP contribution < -0.4 is 5.32 Å². The number of urea groups is 1. The molecule has 1 N–H and O–H groups in total. The van der Waals surface area contributed by atoms with Gasteiger partial charge < -0.3 is 10.2 Å². The van der Waals surface area contributed by atoms with Crippen molar-refractivity contribution in [1.82, 2.24) is 14.5 Å². The number of sulfonamides is 1. The standard InChI is InChI=1S/C9H19N3O3S/c1-11(2)9(13)10-5-8-16(14,15)12-6-3-4-7-12/h3-8H2,1-2H3,(H,10,13). The van der Waals surface area contributed by atoms with Gasteiger partial charge in [0, 0.05) is 33.7 Å². The molecule has 1 fully saturated rings. The molecule has 0 unspecified atom stereocenters. The van der Waals surface area contributed by atoms with Gasteiger partial charge in [-0.1, -0.05) is 0 Å². The monoisotopic (exact) mass is 249 g/mol. The van der Waals surface area contributed by atoms with Gasteiger partial charge in [-0.15, -0.1) is 0 Å². The molecule has 1 aliphatic heterocycles. The minimum absolute atomic E-state index is 0.0212. The lowest BCUT2D eigenvalue weighted by Crippen LogP contribution is -2.40. The van der Waals surface area contributed by atoms with E-state index >= 15 is 0 Å². The molecule has 0 spiro atoms. The summed E-state index contributed by atoms with van der Waals surface area (Å²) in [4.78, 5) is 12.5. The van der Waals surface area contributed by atoms with Gasteiger partial charge in [-0.25, -0.2) is 17.5 Å². The minimum Gasteiger partial charge on any atom is -0.337 e. The van der Waals surface area contributed by atoms with Crippen molar-refractivity contribution in [2.24, 2.45) is 0 Å². The van der Waals surface area contributed by atoms with Gasteiger partial charge in [0.25, 0.3) is 0 Å². The molecule has 94 valence electrons. The molecule has 7 heteroatoms. The number of carbonyl (C=O) groups is 1. The van der Waals surface area contributed by atoms with Gasteiger partial charge in [0.15, 0.2) is 0 Å². The van der Waals surface area contributed by atoms with Crippen molar-refractivity contribution < 1.29 is 13.2 Å². The smallest absolute Gasteiger partial charge is 0.316 e. The Morgan fingerprint density at radius 2 is 1.88 bits per heavy atom. The lowest BCUT2D eigenvalue weighted by molar-refractivity contribution is 0.218. The van der Waals surface area contributed by atoms with Crippen LogP contribution >= 0.6 is 0 Å². The number of rotatable bonds is 4. The molecule has 0 aromatic heterocycles. The third kappa shape index (κ3) is 3.64. The molecule has 0 aromatic carbocycles. The van der Waals surface area contributed by atoms with Crippen LogP contribution in [0.15, 0.2) is 0 Å². The van der Waals surface area contributed by atoms with Crippen LogP contribution in [0.1, 0.15) is 12.8 Å². The van der Waals surface area contributed by atoms with Gasteiger partial charge in [0.1, 0.15) is 0 Å². The summed E-state index contributed by atoms with van der Waals surface area (Å²) in [6, 6.07) is -0.267. The van der Waals surface area contributed by atoms with Crippen molar-refractivity contribution >= 4 is 16.1 Å². The molecule has 0 aromatic rings. The second-order valence-electron chi connectivity index (χ2n) is 4.05. The molecule has 6 nitrogen and oxygen atoms in total. The molecular weight excluding hydrogens is 230 g/mol. The fourth-order valence-electron chi connectivity index (χ4n) is 1.54. The Balaban J connectivity index is 2.34. The summed E-state index contributed by atoms with van der Waals surface area (Å²) in [5.74, 6) is -0.0212. The van der Waals surface area contributed by atoms with Crippen LogP contribution in [0.3, 0.4) is 0 Å². The van der Waals surface area contributed by atoms with Gasteiger partial charge in [-0.2, -0.15) is 0 Å². The summed E-state index contributed by atoms with van der Waals surface area (Å²) >= 11 is 0. The van der Waals surface area contributed by atoms with Crippen molar-refractivity contribution in [3.05, 3.63) is 0 Å². The Kier molecular flexibility index (Phi) is 4.55. The van der Waals surface area contributed by atoms with Gasteiger partial charge in [-0.05, 0) is 12.8 Å². The molecule has 0 radical (unpaired) electrons. The summed E-state index contributed by atoms with van der Waals surface area (Å²) in [5, 5.41) is 2.54. The lowest BCUT2D eigenvalue weighted by atomic mass is 10.4. The van der Waals surface area contributed by atoms with Crippen LogP contribution in [-0.2, 0) is 10.0 Å². The maximum atomic E-state index is 11.7. The van der Waals surface area contributed by atoms with E-state index in [0.29, 0.717) is 13.1 Å². The molecule has 1 aliphatic rings. The van der Waals surface area contributed by atoms with Crippen molar-refractivity contribution in [1.29, 1.82) is 0 Å². The predicted octanol–water partition coefficient (Wildman–Crippen LogP) is -0.317. The number of nitrogens with one attached hydrogen (secondary N) is 1. The number of nitrogens with zero attached hydrogens (tertiary/aromatic N) is 2. The largest absolute Gasteiger partial charge is 0.337 e. The first-order valence-corrected chi connectivity index (χ1v) is 6.97. The van der Waals surface area contributed by atoms with E-state index in [1.165, 1.54) is 9.21 Å². The number of carbonyl (C=O) groups excluding carboxylic acids is 1. The Bertz CT molecular complexity index is 334. The average Bonchev–Trinajstić information content (AvgIpc) is 2.70. The Hall–Kier alpha value is -0.820. The van der Waals surface area contributed by atoms with Crippen LogP contribution in [0, 0.1) is 0 Å². The molecule has 0 saturated carbocycles. The molecule has 1 rings (SSSR count). The van der Waals surface area contributed by atoms with Crippen molar-refractivity contribution in [2.75, 3.05) is 39.5 Å². The zero-order valence-corrected chi connectivity index (χ0v) is 10.6. The fraction of sp³-hybridized carbons (Fsp3) is 0.889. The maximum Gasteiger partial charge on any atom is 0.316 e. The second kappa shape index (κ2) is 5.49. The molecule has 1 saturated heterocycles. The molecule has 1 heterocycles. The van der Waals surface area contributed by atoms with E-state index in [-0.39, 0.29) is 18.3 Å². The quantitative estimate of drug-likeness (QED) is 0.742. The highest BCUT2D eigenvalue weighted by Crippen LogP contribution is 2.12. The van der Waals surface area contributed by atoms with E-state index < -0.39 is 10.0 Å². The van der Waals surface area contributed by atoms with Gasteiger partial charge >= 0.3 is 6.03 Å². The summed E-state index contributed by atoms with van der Waals surface area (Å²) in [6.45, 7) is 1.39. The average molecular weight is 249 g/mol. The van der Waals surface area contributed by atoms with E-state index in [4.69, 9.17) is 0 Å². The second-order valence-corrected chi connectivity index (χ2v) is 6.14. The first-order chi connectivity index (χ1) is 7.43. The van der Waals surface area contributed by atoms with E-state index in [0.717, 1.165) is 12.8 Å². The molecule has 0 bridgehead atoms. The molecule has 0 aliphatic carbocycles.